The van der Waals surface area contributed by atoms with Crippen LogP contribution in [0, 0.1) is 11.2 Å². The van der Waals surface area contributed by atoms with Crippen molar-refractivity contribution in [3.05, 3.63) is 24.3 Å². The molecule has 0 saturated carbocycles. The molecule has 2 saturated heterocycles. The first-order valence-electron chi connectivity index (χ1n) is 6.72. The summed E-state index contributed by atoms with van der Waals surface area (Å²) >= 11 is 0. The molecule has 2 fully saturated rings. The van der Waals surface area contributed by atoms with Crippen LogP contribution in [-0.2, 0) is 0 Å². The molecule has 1 atom stereocenters. The third-order valence-corrected chi connectivity index (χ3v) is 4.38. The van der Waals surface area contributed by atoms with E-state index in [-0.39, 0.29) is 5.82 Å². The summed E-state index contributed by atoms with van der Waals surface area (Å²) in [6.45, 7) is 4.27. The summed E-state index contributed by atoms with van der Waals surface area (Å²) in [6, 6.07) is 1.80. The predicted octanol–water partition coefficient (Wildman–Crippen LogP) is 2.14. The van der Waals surface area contributed by atoms with Crippen molar-refractivity contribution in [2.45, 2.75) is 19.3 Å². The van der Waals surface area contributed by atoms with E-state index in [1.165, 1.54) is 25.6 Å². The van der Waals surface area contributed by atoms with Gasteiger partial charge in [-0.1, -0.05) is 0 Å². The van der Waals surface area contributed by atoms with Gasteiger partial charge in [-0.3, -0.25) is 4.98 Å². The van der Waals surface area contributed by atoms with E-state index in [1.54, 1.807) is 12.3 Å². The van der Waals surface area contributed by atoms with Crippen LogP contribution >= 0.6 is 0 Å². The molecule has 3 heterocycles. The molecule has 2 aliphatic heterocycles. The Morgan fingerprint density at radius 3 is 2.89 bits per heavy atom. The summed E-state index contributed by atoms with van der Waals surface area (Å²) in [6.07, 6.45) is 6.68. The third kappa shape index (κ3) is 2.09. The summed E-state index contributed by atoms with van der Waals surface area (Å²) in [5, 5.41) is 0. The second kappa shape index (κ2) is 4.50. The van der Waals surface area contributed by atoms with E-state index in [0.29, 0.717) is 5.41 Å². The number of hydrogen-bond donors (Lipinski definition) is 0. The zero-order valence-electron chi connectivity index (χ0n) is 10.9. The second-order valence-electron chi connectivity index (χ2n) is 5.84. The van der Waals surface area contributed by atoms with Gasteiger partial charge in [0.05, 0.1) is 11.9 Å². The van der Waals surface area contributed by atoms with Gasteiger partial charge in [-0.2, -0.15) is 0 Å². The number of hydrogen-bond acceptors (Lipinski definition) is 3. The van der Waals surface area contributed by atoms with Gasteiger partial charge in [0.2, 0.25) is 0 Å². The molecule has 0 bridgehead atoms. The number of likely N-dealkylation sites (tertiary alicyclic amines) is 1. The number of rotatable bonds is 1. The van der Waals surface area contributed by atoms with Crippen molar-refractivity contribution in [1.29, 1.82) is 0 Å². The number of pyridine rings is 1. The van der Waals surface area contributed by atoms with E-state index < -0.39 is 0 Å². The highest BCUT2D eigenvalue weighted by Crippen LogP contribution is 2.39. The Balaban J connectivity index is 1.81. The number of piperidine rings is 1. The Morgan fingerprint density at radius 2 is 2.17 bits per heavy atom. The quantitative estimate of drug-likeness (QED) is 0.760. The predicted molar refractivity (Wildman–Crippen MR) is 70.2 cm³/mol. The lowest BCUT2D eigenvalue weighted by molar-refractivity contribution is 0.233. The number of halogens is 1. The number of aromatic nitrogens is 1. The minimum Gasteiger partial charge on any atom is -0.368 e. The molecule has 0 amide bonds. The van der Waals surface area contributed by atoms with Gasteiger partial charge in [0.25, 0.3) is 0 Å². The van der Waals surface area contributed by atoms with Crippen molar-refractivity contribution in [2.24, 2.45) is 5.41 Å². The molecule has 3 nitrogen and oxygen atoms in total. The number of nitrogens with zero attached hydrogens (tertiary/aromatic N) is 3. The molecule has 1 spiro atoms. The van der Waals surface area contributed by atoms with E-state index in [1.807, 2.05) is 0 Å². The second-order valence-corrected chi connectivity index (χ2v) is 5.84. The molecule has 1 aromatic rings. The zero-order chi connectivity index (χ0) is 12.6. The molecule has 98 valence electrons. The largest absolute Gasteiger partial charge is 0.368 e. The summed E-state index contributed by atoms with van der Waals surface area (Å²) < 4.78 is 13.8. The van der Waals surface area contributed by atoms with Gasteiger partial charge < -0.3 is 9.80 Å². The van der Waals surface area contributed by atoms with E-state index in [2.05, 4.69) is 21.8 Å². The lowest BCUT2D eigenvalue weighted by atomic mass is 9.79. The Kier molecular flexibility index (Phi) is 2.98. The first kappa shape index (κ1) is 11.9. The molecule has 0 aliphatic carbocycles. The Labute approximate surface area is 108 Å². The minimum absolute atomic E-state index is 0.194. The van der Waals surface area contributed by atoms with Crippen LogP contribution in [0.15, 0.2) is 18.5 Å². The average molecular weight is 249 g/mol. The molecule has 4 heteroatoms. The molecule has 0 aromatic carbocycles. The zero-order valence-corrected chi connectivity index (χ0v) is 10.9. The lowest BCUT2D eigenvalue weighted by Crippen LogP contribution is -2.45. The van der Waals surface area contributed by atoms with Crippen molar-refractivity contribution < 1.29 is 4.39 Å². The highest BCUT2D eigenvalue weighted by molar-refractivity contribution is 5.47. The van der Waals surface area contributed by atoms with Crippen LogP contribution in [0.2, 0.25) is 0 Å². The molecule has 0 radical (unpaired) electrons. The van der Waals surface area contributed by atoms with Crippen LogP contribution in [-0.4, -0.2) is 43.1 Å². The van der Waals surface area contributed by atoms with Crippen LogP contribution < -0.4 is 4.90 Å². The third-order valence-electron chi connectivity index (χ3n) is 4.38. The SMILES string of the molecule is CN1CCC2(CCCN(c3ccncc3F)C2)C1. The van der Waals surface area contributed by atoms with Gasteiger partial charge in [-0.15, -0.1) is 0 Å². The Morgan fingerprint density at radius 1 is 1.28 bits per heavy atom. The van der Waals surface area contributed by atoms with Gasteiger partial charge in [0.1, 0.15) is 0 Å². The van der Waals surface area contributed by atoms with E-state index >= 15 is 0 Å². The van der Waals surface area contributed by atoms with Crippen LogP contribution in [0.3, 0.4) is 0 Å². The van der Waals surface area contributed by atoms with E-state index in [9.17, 15) is 4.39 Å². The molecule has 1 aromatic heterocycles. The fourth-order valence-corrected chi connectivity index (χ4v) is 3.53. The van der Waals surface area contributed by atoms with Gasteiger partial charge in [-0.05, 0) is 38.9 Å². The van der Waals surface area contributed by atoms with Crippen LogP contribution in [0.25, 0.3) is 0 Å². The monoisotopic (exact) mass is 249 g/mol. The van der Waals surface area contributed by atoms with Gasteiger partial charge in [0, 0.05) is 31.2 Å². The number of anilines is 1. The molecule has 1 unspecified atom stereocenters. The molecule has 0 N–H and O–H groups in total. The maximum atomic E-state index is 13.8. The Bertz CT molecular complexity index is 433. The summed E-state index contributed by atoms with van der Waals surface area (Å²) in [7, 11) is 2.18. The summed E-state index contributed by atoms with van der Waals surface area (Å²) in [5.74, 6) is -0.194. The van der Waals surface area contributed by atoms with Crippen LogP contribution in [0.5, 0.6) is 0 Å². The highest BCUT2D eigenvalue weighted by atomic mass is 19.1. The standard InChI is InChI=1S/C14H20FN3/c1-17-8-5-14(10-17)4-2-7-18(11-14)13-3-6-16-9-12(13)15/h3,6,9H,2,4-5,7-8,10-11H2,1H3. The van der Waals surface area contributed by atoms with Crippen LogP contribution in [0.1, 0.15) is 19.3 Å². The Hall–Kier alpha value is -1.16. The fourth-order valence-electron chi connectivity index (χ4n) is 3.53. The maximum absolute atomic E-state index is 13.8. The highest BCUT2D eigenvalue weighted by Gasteiger charge is 2.40. The normalized spacial score (nSPS) is 29.1. The van der Waals surface area contributed by atoms with Crippen LogP contribution in [0.4, 0.5) is 10.1 Å². The van der Waals surface area contributed by atoms with E-state index in [0.717, 1.165) is 31.7 Å². The van der Waals surface area contributed by atoms with Crippen molar-refractivity contribution >= 4 is 5.69 Å². The molecular weight excluding hydrogens is 229 g/mol. The summed E-state index contributed by atoms with van der Waals surface area (Å²) in [4.78, 5) is 8.43. The molecule has 18 heavy (non-hydrogen) atoms. The van der Waals surface area contributed by atoms with Gasteiger partial charge in [-0.25, -0.2) is 4.39 Å². The van der Waals surface area contributed by atoms with Crippen molar-refractivity contribution in [1.82, 2.24) is 9.88 Å². The maximum Gasteiger partial charge on any atom is 0.164 e. The van der Waals surface area contributed by atoms with Crippen molar-refractivity contribution in [2.75, 3.05) is 38.1 Å². The molecule has 3 rings (SSSR count). The minimum atomic E-state index is -0.194. The smallest absolute Gasteiger partial charge is 0.164 e. The average Bonchev–Trinajstić information content (AvgIpc) is 2.71. The van der Waals surface area contributed by atoms with Gasteiger partial charge in [0.15, 0.2) is 5.82 Å². The molecular formula is C14H20FN3. The molecule has 2 aliphatic rings. The first-order chi connectivity index (χ1) is 8.69. The van der Waals surface area contributed by atoms with E-state index in [4.69, 9.17) is 0 Å². The topological polar surface area (TPSA) is 19.4 Å². The lowest BCUT2D eigenvalue weighted by Gasteiger charge is -2.41. The fraction of sp³-hybridized carbons (Fsp3) is 0.643. The first-order valence-corrected chi connectivity index (χ1v) is 6.72. The van der Waals surface area contributed by atoms with Crippen molar-refractivity contribution in [3.8, 4) is 0 Å². The van der Waals surface area contributed by atoms with Gasteiger partial charge >= 0.3 is 0 Å². The summed E-state index contributed by atoms with van der Waals surface area (Å²) in [5.41, 5.74) is 1.10. The van der Waals surface area contributed by atoms with Crippen molar-refractivity contribution in [3.63, 3.8) is 0 Å².